The van der Waals surface area contributed by atoms with Gasteiger partial charge in [-0.25, -0.2) is 0 Å². The normalized spacial score (nSPS) is 17.3. The van der Waals surface area contributed by atoms with Crippen molar-refractivity contribution in [2.45, 2.75) is 31.3 Å². The van der Waals surface area contributed by atoms with E-state index < -0.39 is 0 Å². The van der Waals surface area contributed by atoms with Crippen molar-refractivity contribution in [2.24, 2.45) is 0 Å². The molecule has 1 aromatic carbocycles. The van der Waals surface area contributed by atoms with E-state index in [2.05, 4.69) is 5.32 Å². The second kappa shape index (κ2) is 5.87. The van der Waals surface area contributed by atoms with Crippen molar-refractivity contribution in [2.75, 3.05) is 13.6 Å². The summed E-state index contributed by atoms with van der Waals surface area (Å²) >= 11 is 18.0. The molecular formula is C13H16Cl3NO. The third-order valence-corrected chi connectivity index (χ3v) is 4.41. The van der Waals surface area contributed by atoms with Crippen molar-refractivity contribution in [3.8, 4) is 5.75 Å². The van der Waals surface area contributed by atoms with Crippen molar-refractivity contribution in [3.05, 3.63) is 27.2 Å². The molecule has 2 nitrogen and oxygen atoms in total. The van der Waals surface area contributed by atoms with Crippen molar-refractivity contribution in [1.82, 2.24) is 5.32 Å². The molecule has 1 aromatic rings. The molecule has 0 spiro atoms. The molecule has 1 N–H and O–H groups in total. The van der Waals surface area contributed by atoms with Crippen LogP contribution in [-0.4, -0.2) is 19.2 Å². The molecule has 0 bridgehead atoms. The zero-order chi connectivity index (χ0) is 13.2. The fraction of sp³-hybridized carbons (Fsp3) is 0.538. The lowest BCUT2D eigenvalue weighted by atomic mass is 9.77. The lowest BCUT2D eigenvalue weighted by Crippen LogP contribution is -2.45. The maximum atomic E-state index is 6.14. The number of nitrogens with one attached hydrogen (secondary N) is 1. The molecule has 1 fully saturated rings. The van der Waals surface area contributed by atoms with Gasteiger partial charge in [0, 0.05) is 6.07 Å². The lowest BCUT2D eigenvalue weighted by Gasteiger charge is -2.42. The minimum atomic E-state index is -0.0934. The summed E-state index contributed by atoms with van der Waals surface area (Å²) in [5.41, 5.74) is -0.0934. The van der Waals surface area contributed by atoms with Crippen LogP contribution in [-0.2, 0) is 0 Å². The fourth-order valence-electron chi connectivity index (χ4n) is 2.14. The SMILES string of the molecule is CNCCC1(Oc2cc(Cl)c(Cl)cc2Cl)CCC1. The molecule has 2 rings (SSSR count). The van der Waals surface area contributed by atoms with Crippen molar-refractivity contribution >= 4 is 34.8 Å². The molecule has 0 atom stereocenters. The van der Waals surface area contributed by atoms with E-state index >= 15 is 0 Å². The van der Waals surface area contributed by atoms with E-state index in [4.69, 9.17) is 39.5 Å². The van der Waals surface area contributed by atoms with E-state index in [1.54, 1.807) is 12.1 Å². The first-order valence-electron chi connectivity index (χ1n) is 6.04. The Morgan fingerprint density at radius 1 is 1.17 bits per heavy atom. The van der Waals surface area contributed by atoms with E-state index in [-0.39, 0.29) is 5.60 Å². The fourth-order valence-corrected chi connectivity index (χ4v) is 2.72. The molecule has 1 saturated carbocycles. The average Bonchev–Trinajstić information content (AvgIpc) is 2.28. The van der Waals surface area contributed by atoms with Crippen LogP contribution in [0.3, 0.4) is 0 Å². The van der Waals surface area contributed by atoms with E-state index in [1.807, 2.05) is 7.05 Å². The Morgan fingerprint density at radius 3 is 2.39 bits per heavy atom. The van der Waals surface area contributed by atoms with Crippen LogP contribution in [0.2, 0.25) is 15.1 Å². The summed E-state index contributed by atoms with van der Waals surface area (Å²) in [5.74, 6) is 0.627. The van der Waals surface area contributed by atoms with Crippen LogP contribution < -0.4 is 10.1 Å². The molecule has 0 aromatic heterocycles. The maximum absolute atomic E-state index is 6.14. The smallest absolute Gasteiger partial charge is 0.140 e. The summed E-state index contributed by atoms with van der Waals surface area (Å²) in [5, 5.41) is 4.59. The van der Waals surface area contributed by atoms with Crippen LogP contribution in [0.5, 0.6) is 5.75 Å². The number of hydrogen-bond donors (Lipinski definition) is 1. The minimum absolute atomic E-state index is 0.0934. The molecule has 0 unspecified atom stereocenters. The van der Waals surface area contributed by atoms with Gasteiger partial charge in [-0.15, -0.1) is 0 Å². The first-order chi connectivity index (χ1) is 8.56. The Kier molecular flexibility index (Phi) is 4.65. The Labute approximate surface area is 123 Å². The van der Waals surface area contributed by atoms with Gasteiger partial charge in [0.2, 0.25) is 0 Å². The van der Waals surface area contributed by atoms with Gasteiger partial charge in [0.1, 0.15) is 11.4 Å². The van der Waals surface area contributed by atoms with E-state index in [0.717, 1.165) is 25.8 Å². The third kappa shape index (κ3) is 3.05. The highest BCUT2D eigenvalue weighted by molar-refractivity contribution is 6.43. The topological polar surface area (TPSA) is 21.3 Å². The van der Waals surface area contributed by atoms with Gasteiger partial charge in [-0.2, -0.15) is 0 Å². The van der Waals surface area contributed by atoms with E-state index in [1.165, 1.54) is 6.42 Å². The number of hydrogen-bond acceptors (Lipinski definition) is 2. The molecule has 5 heteroatoms. The Balaban J connectivity index is 2.14. The summed E-state index contributed by atoms with van der Waals surface area (Å²) in [6.45, 7) is 0.930. The summed E-state index contributed by atoms with van der Waals surface area (Å²) in [6, 6.07) is 3.33. The zero-order valence-electron chi connectivity index (χ0n) is 10.2. The summed E-state index contributed by atoms with van der Waals surface area (Å²) < 4.78 is 6.09. The molecule has 1 aliphatic carbocycles. The Bertz CT molecular complexity index is 432. The van der Waals surface area contributed by atoms with Crippen LogP contribution in [0.4, 0.5) is 0 Å². The highest BCUT2D eigenvalue weighted by Gasteiger charge is 2.39. The zero-order valence-corrected chi connectivity index (χ0v) is 12.5. The molecule has 18 heavy (non-hydrogen) atoms. The number of halogens is 3. The van der Waals surface area contributed by atoms with Gasteiger partial charge in [-0.1, -0.05) is 34.8 Å². The second-order valence-corrected chi connectivity index (χ2v) is 5.91. The highest BCUT2D eigenvalue weighted by Crippen LogP contribution is 2.43. The van der Waals surface area contributed by atoms with Gasteiger partial charge in [0.05, 0.1) is 15.1 Å². The molecule has 0 saturated heterocycles. The molecule has 0 aliphatic heterocycles. The van der Waals surface area contributed by atoms with Crippen LogP contribution in [0.25, 0.3) is 0 Å². The predicted molar refractivity (Wildman–Crippen MR) is 77.2 cm³/mol. The van der Waals surface area contributed by atoms with Gasteiger partial charge in [-0.05, 0) is 45.3 Å². The van der Waals surface area contributed by atoms with Crippen LogP contribution in [0, 0.1) is 0 Å². The molecule has 0 radical (unpaired) electrons. The predicted octanol–water partition coefficient (Wildman–Crippen LogP) is 4.56. The Hall–Kier alpha value is -0.150. The highest BCUT2D eigenvalue weighted by atomic mass is 35.5. The number of rotatable bonds is 5. The van der Waals surface area contributed by atoms with Gasteiger partial charge in [0.25, 0.3) is 0 Å². The van der Waals surface area contributed by atoms with Crippen LogP contribution >= 0.6 is 34.8 Å². The molecule has 0 amide bonds. The third-order valence-electron chi connectivity index (χ3n) is 3.40. The standard InChI is InChI=1S/C13H16Cl3NO/c1-17-6-5-13(3-2-4-13)18-12-8-10(15)9(14)7-11(12)16/h7-8,17H,2-6H2,1H3. The average molecular weight is 309 g/mol. The van der Waals surface area contributed by atoms with Crippen LogP contribution in [0.15, 0.2) is 12.1 Å². The van der Waals surface area contributed by atoms with E-state index in [9.17, 15) is 0 Å². The van der Waals surface area contributed by atoms with Crippen molar-refractivity contribution < 1.29 is 4.74 Å². The van der Waals surface area contributed by atoms with Gasteiger partial charge >= 0.3 is 0 Å². The monoisotopic (exact) mass is 307 g/mol. The maximum Gasteiger partial charge on any atom is 0.140 e. The van der Waals surface area contributed by atoms with Crippen molar-refractivity contribution in [3.63, 3.8) is 0 Å². The molecular weight excluding hydrogens is 293 g/mol. The van der Waals surface area contributed by atoms with Gasteiger partial charge in [0.15, 0.2) is 0 Å². The largest absolute Gasteiger partial charge is 0.486 e. The number of ether oxygens (including phenoxy) is 1. The molecule has 100 valence electrons. The molecule has 1 aliphatic rings. The second-order valence-electron chi connectivity index (χ2n) is 4.69. The van der Waals surface area contributed by atoms with Gasteiger partial charge < -0.3 is 10.1 Å². The van der Waals surface area contributed by atoms with Crippen LogP contribution in [0.1, 0.15) is 25.7 Å². The number of benzene rings is 1. The minimum Gasteiger partial charge on any atom is -0.486 e. The van der Waals surface area contributed by atoms with Crippen molar-refractivity contribution in [1.29, 1.82) is 0 Å². The first-order valence-corrected chi connectivity index (χ1v) is 7.18. The summed E-state index contributed by atoms with van der Waals surface area (Å²) in [6.07, 6.45) is 4.29. The quantitative estimate of drug-likeness (QED) is 0.805. The summed E-state index contributed by atoms with van der Waals surface area (Å²) in [4.78, 5) is 0. The van der Waals surface area contributed by atoms with E-state index in [0.29, 0.717) is 20.8 Å². The van der Waals surface area contributed by atoms with Gasteiger partial charge in [-0.3, -0.25) is 0 Å². The lowest BCUT2D eigenvalue weighted by molar-refractivity contribution is -0.0137. The Morgan fingerprint density at radius 2 is 1.83 bits per heavy atom. The molecule has 0 heterocycles. The summed E-state index contributed by atoms with van der Waals surface area (Å²) in [7, 11) is 1.94. The first kappa shape index (κ1) is 14.3.